The molecule has 0 aromatic heterocycles. The molecule has 29 heavy (non-hydrogen) atoms. The van der Waals surface area contributed by atoms with E-state index >= 15 is 0 Å². The first kappa shape index (κ1) is 21.2. The first-order valence-electron chi connectivity index (χ1n) is 9.77. The molecule has 1 aromatic carbocycles. The fourth-order valence-electron chi connectivity index (χ4n) is 3.12. The van der Waals surface area contributed by atoms with Crippen molar-refractivity contribution in [3.63, 3.8) is 0 Å². The standard InChI is InChI=1S/C20H28N2O7/c1-15(11-16-3-4-17-18(12-16)27-13-26-17)21(2)20(24)29-14-28-19(23)5-6-22-7-9-25-10-8-22/h3-4,12,15H,5-11,13-14H2,1-2H3. The first-order chi connectivity index (χ1) is 14.0. The molecule has 1 atom stereocenters. The van der Waals surface area contributed by atoms with E-state index in [-0.39, 0.29) is 32.0 Å². The van der Waals surface area contributed by atoms with Gasteiger partial charge < -0.3 is 28.6 Å². The molecule has 9 heteroatoms. The van der Waals surface area contributed by atoms with Crippen LogP contribution in [0.5, 0.6) is 11.5 Å². The van der Waals surface area contributed by atoms with E-state index in [1.165, 1.54) is 4.90 Å². The van der Waals surface area contributed by atoms with Crippen molar-refractivity contribution in [3.05, 3.63) is 23.8 Å². The summed E-state index contributed by atoms with van der Waals surface area (Å²) in [5.74, 6) is 1.05. The predicted octanol–water partition coefficient (Wildman–Crippen LogP) is 1.64. The van der Waals surface area contributed by atoms with E-state index in [0.29, 0.717) is 31.9 Å². The Bertz CT molecular complexity index is 706. The van der Waals surface area contributed by atoms with Gasteiger partial charge >= 0.3 is 12.1 Å². The predicted molar refractivity (Wildman–Crippen MR) is 103 cm³/mol. The molecule has 0 spiro atoms. The number of amides is 1. The maximum atomic E-state index is 12.2. The highest BCUT2D eigenvalue weighted by molar-refractivity contribution is 5.70. The Morgan fingerprint density at radius 3 is 2.72 bits per heavy atom. The van der Waals surface area contributed by atoms with Gasteiger partial charge in [0, 0.05) is 32.7 Å². The number of carbonyl (C=O) groups is 2. The number of rotatable bonds is 8. The van der Waals surface area contributed by atoms with E-state index in [9.17, 15) is 9.59 Å². The van der Waals surface area contributed by atoms with Crippen LogP contribution in [0.15, 0.2) is 18.2 Å². The van der Waals surface area contributed by atoms with Crippen molar-refractivity contribution in [1.82, 2.24) is 9.80 Å². The van der Waals surface area contributed by atoms with E-state index in [4.69, 9.17) is 23.7 Å². The van der Waals surface area contributed by atoms with E-state index in [1.807, 2.05) is 25.1 Å². The second kappa shape index (κ2) is 10.3. The Labute approximate surface area is 170 Å². The topological polar surface area (TPSA) is 86.8 Å². The van der Waals surface area contributed by atoms with Gasteiger partial charge in [-0.2, -0.15) is 0 Å². The van der Waals surface area contributed by atoms with Gasteiger partial charge in [0.2, 0.25) is 13.6 Å². The lowest BCUT2D eigenvalue weighted by Crippen LogP contribution is -2.38. The van der Waals surface area contributed by atoms with Crippen molar-refractivity contribution < 1.29 is 33.3 Å². The highest BCUT2D eigenvalue weighted by Crippen LogP contribution is 2.32. The fraction of sp³-hybridized carbons (Fsp3) is 0.600. The minimum absolute atomic E-state index is 0.111. The van der Waals surface area contributed by atoms with Gasteiger partial charge in [-0.15, -0.1) is 0 Å². The number of carbonyl (C=O) groups excluding carboxylic acids is 2. The number of hydrogen-bond acceptors (Lipinski definition) is 8. The van der Waals surface area contributed by atoms with Crippen LogP contribution >= 0.6 is 0 Å². The summed E-state index contributed by atoms with van der Waals surface area (Å²) in [4.78, 5) is 27.6. The van der Waals surface area contributed by atoms with Crippen LogP contribution in [0, 0.1) is 0 Å². The molecule has 9 nitrogen and oxygen atoms in total. The zero-order valence-electron chi connectivity index (χ0n) is 16.9. The number of nitrogens with zero attached hydrogens (tertiary/aromatic N) is 2. The molecule has 0 saturated carbocycles. The molecule has 1 fully saturated rings. The summed E-state index contributed by atoms with van der Waals surface area (Å²) in [5, 5.41) is 0. The summed E-state index contributed by atoms with van der Waals surface area (Å²) in [6, 6.07) is 5.60. The first-order valence-corrected chi connectivity index (χ1v) is 9.77. The van der Waals surface area contributed by atoms with Gasteiger partial charge in [0.1, 0.15) is 0 Å². The highest BCUT2D eigenvalue weighted by atomic mass is 16.7. The fourth-order valence-corrected chi connectivity index (χ4v) is 3.12. The Balaban J connectivity index is 1.34. The molecule has 160 valence electrons. The molecule has 0 N–H and O–H groups in total. The minimum Gasteiger partial charge on any atom is -0.454 e. The number of fused-ring (bicyclic) bond motifs is 1. The second-order valence-electron chi connectivity index (χ2n) is 7.10. The number of likely N-dealkylation sites (N-methyl/N-ethyl adjacent to an activating group) is 1. The lowest BCUT2D eigenvalue weighted by atomic mass is 10.1. The lowest BCUT2D eigenvalue weighted by molar-refractivity contribution is -0.153. The summed E-state index contributed by atoms with van der Waals surface area (Å²) >= 11 is 0. The SMILES string of the molecule is CC(Cc1ccc2c(c1)OCO2)N(C)C(=O)OCOC(=O)CCN1CCOCC1. The third-order valence-electron chi connectivity index (χ3n) is 5.06. The molecule has 1 saturated heterocycles. The van der Waals surface area contributed by atoms with Crippen LogP contribution in [-0.4, -0.2) is 81.4 Å². The average molecular weight is 408 g/mol. The summed E-state index contributed by atoms with van der Waals surface area (Å²) in [6.07, 6.45) is 0.342. The Kier molecular flexibility index (Phi) is 7.54. The number of hydrogen-bond donors (Lipinski definition) is 0. The number of benzene rings is 1. The van der Waals surface area contributed by atoms with Gasteiger partial charge in [0.25, 0.3) is 0 Å². The van der Waals surface area contributed by atoms with Gasteiger partial charge in [0.05, 0.1) is 19.6 Å². The van der Waals surface area contributed by atoms with Crippen molar-refractivity contribution in [1.29, 1.82) is 0 Å². The molecule has 0 aliphatic carbocycles. The quantitative estimate of drug-likeness (QED) is 0.474. The summed E-state index contributed by atoms with van der Waals surface area (Å²) < 4.78 is 26.0. The smallest absolute Gasteiger partial charge is 0.412 e. The monoisotopic (exact) mass is 408 g/mol. The van der Waals surface area contributed by atoms with E-state index in [1.54, 1.807) is 7.05 Å². The normalized spacial score (nSPS) is 16.9. The molecule has 2 heterocycles. The molecule has 2 aliphatic rings. The lowest BCUT2D eigenvalue weighted by Gasteiger charge is -2.26. The zero-order chi connectivity index (χ0) is 20.6. The van der Waals surface area contributed by atoms with Crippen molar-refractivity contribution in [2.45, 2.75) is 25.8 Å². The molecule has 0 bridgehead atoms. The molecule has 2 aliphatic heterocycles. The number of morpholine rings is 1. The van der Waals surface area contributed by atoms with E-state index < -0.39 is 6.09 Å². The zero-order valence-corrected chi connectivity index (χ0v) is 16.9. The maximum absolute atomic E-state index is 12.2. The molecular formula is C20H28N2O7. The average Bonchev–Trinajstić information content (AvgIpc) is 3.20. The minimum atomic E-state index is -0.542. The van der Waals surface area contributed by atoms with Gasteiger partial charge in [-0.05, 0) is 31.0 Å². The molecule has 1 unspecified atom stereocenters. The van der Waals surface area contributed by atoms with Crippen molar-refractivity contribution in [3.8, 4) is 11.5 Å². The molecule has 1 aromatic rings. The molecule has 1 amide bonds. The number of esters is 1. The van der Waals surface area contributed by atoms with Crippen molar-refractivity contribution >= 4 is 12.1 Å². The second-order valence-corrected chi connectivity index (χ2v) is 7.10. The highest BCUT2D eigenvalue weighted by Gasteiger charge is 2.20. The van der Waals surface area contributed by atoms with Crippen LogP contribution in [0.25, 0.3) is 0 Å². The molecule has 3 rings (SSSR count). The van der Waals surface area contributed by atoms with Gasteiger partial charge in [-0.1, -0.05) is 6.07 Å². The molecule has 0 radical (unpaired) electrons. The molecular weight excluding hydrogens is 380 g/mol. The van der Waals surface area contributed by atoms with Gasteiger partial charge in [-0.3, -0.25) is 9.69 Å². The summed E-state index contributed by atoms with van der Waals surface area (Å²) in [6.45, 7) is 5.37. The van der Waals surface area contributed by atoms with Crippen molar-refractivity contribution in [2.75, 3.05) is 53.5 Å². The van der Waals surface area contributed by atoms with Crippen LogP contribution in [0.1, 0.15) is 18.9 Å². The Morgan fingerprint density at radius 2 is 1.93 bits per heavy atom. The van der Waals surface area contributed by atoms with E-state index in [0.717, 1.165) is 24.4 Å². The Hall–Kier alpha value is -2.52. The largest absolute Gasteiger partial charge is 0.454 e. The third kappa shape index (κ3) is 6.23. The van der Waals surface area contributed by atoms with E-state index in [2.05, 4.69) is 4.90 Å². The van der Waals surface area contributed by atoms with Crippen LogP contribution in [0.4, 0.5) is 4.79 Å². The Morgan fingerprint density at radius 1 is 1.17 bits per heavy atom. The summed E-state index contributed by atoms with van der Waals surface area (Å²) in [5.41, 5.74) is 1.02. The summed E-state index contributed by atoms with van der Waals surface area (Å²) in [7, 11) is 1.65. The van der Waals surface area contributed by atoms with Crippen LogP contribution in [0.2, 0.25) is 0 Å². The van der Waals surface area contributed by atoms with Crippen LogP contribution < -0.4 is 9.47 Å². The number of ether oxygens (including phenoxy) is 5. The third-order valence-corrected chi connectivity index (χ3v) is 5.06. The van der Waals surface area contributed by atoms with Crippen LogP contribution in [-0.2, 0) is 25.4 Å². The van der Waals surface area contributed by atoms with Gasteiger partial charge in [0.15, 0.2) is 11.5 Å². The van der Waals surface area contributed by atoms with Gasteiger partial charge in [-0.25, -0.2) is 4.79 Å². The van der Waals surface area contributed by atoms with Crippen molar-refractivity contribution in [2.24, 2.45) is 0 Å². The maximum Gasteiger partial charge on any atom is 0.412 e. The van der Waals surface area contributed by atoms with Crippen LogP contribution in [0.3, 0.4) is 0 Å².